The van der Waals surface area contributed by atoms with Crippen molar-refractivity contribution in [3.8, 4) is 11.5 Å². The van der Waals surface area contributed by atoms with Crippen molar-refractivity contribution < 1.29 is 19.6 Å². The van der Waals surface area contributed by atoms with Crippen LogP contribution in [0.5, 0.6) is 11.5 Å². The lowest BCUT2D eigenvalue weighted by atomic mass is 10.2. The van der Waals surface area contributed by atoms with Crippen molar-refractivity contribution >= 4 is 33.7 Å². The fraction of sp³-hybridized carbons (Fsp3) is 0.0667. The fourth-order valence-electron chi connectivity index (χ4n) is 1.79. The summed E-state index contributed by atoms with van der Waals surface area (Å²) in [5.41, 5.74) is 2.53. The summed E-state index contributed by atoms with van der Waals surface area (Å²) in [7, 11) is 1.51. The summed E-state index contributed by atoms with van der Waals surface area (Å²) in [5.74, 6) is -0.0955. The molecule has 0 aliphatic rings. The second-order valence-electron chi connectivity index (χ2n) is 4.55. The number of phenolic OH excluding ortho intramolecular Hbond substituents is 1. The molecule has 1 amide bonds. The molecular formula is C15H12BrN3O5. The topological polar surface area (TPSA) is 114 Å². The molecule has 2 N–H and O–H groups in total. The number of hydrogen-bond donors (Lipinski definition) is 2. The Hall–Kier alpha value is -2.94. The molecule has 0 saturated carbocycles. The number of benzene rings is 2. The minimum Gasteiger partial charge on any atom is -0.507 e. The predicted octanol–water partition coefficient (Wildman–Crippen LogP) is 2.84. The van der Waals surface area contributed by atoms with Crippen LogP contribution < -0.4 is 10.2 Å². The maximum absolute atomic E-state index is 12.0. The van der Waals surface area contributed by atoms with Gasteiger partial charge in [-0.25, -0.2) is 5.43 Å². The molecule has 24 heavy (non-hydrogen) atoms. The molecule has 0 heterocycles. The van der Waals surface area contributed by atoms with Crippen LogP contribution in [-0.2, 0) is 0 Å². The van der Waals surface area contributed by atoms with Crippen LogP contribution in [0.15, 0.2) is 46.0 Å². The molecule has 9 heteroatoms. The predicted molar refractivity (Wildman–Crippen MR) is 90.5 cm³/mol. The van der Waals surface area contributed by atoms with E-state index in [2.05, 4.69) is 26.5 Å². The highest BCUT2D eigenvalue weighted by atomic mass is 79.9. The van der Waals surface area contributed by atoms with E-state index in [0.717, 1.165) is 12.3 Å². The number of nitro benzene ring substituents is 1. The molecular weight excluding hydrogens is 382 g/mol. The lowest BCUT2D eigenvalue weighted by Gasteiger charge is -2.05. The molecule has 0 radical (unpaired) electrons. The number of phenols is 1. The van der Waals surface area contributed by atoms with E-state index in [4.69, 9.17) is 4.74 Å². The van der Waals surface area contributed by atoms with Gasteiger partial charge in [-0.05, 0) is 40.2 Å². The number of aromatic hydroxyl groups is 1. The Morgan fingerprint density at radius 1 is 1.38 bits per heavy atom. The van der Waals surface area contributed by atoms with Crippen LogP contribution in [0.4, 0.5) is 5.69 Å². The van der Waals surface area contributed by atoms with E-state index in [-0.39, 0.29) is 17.0 Å². The SMILES string of the molecule is COc1ccc(C(=O)NN=Cc2cc([N+](=O)[O-])ccc2O)cc1Br. The van der Waals surface area contributed by atoms with Gasteiger partial charge in [0.25, 0.3) is 11.6 Å². The molecule has 0 spiro atoms. The van der Waals surface area contributed by atoms with Gasteiger partial charge < -0.3 is 9.84 Å². The summed E-state index contributed by atoms with van der Waals surface area (Å²) < 4.78 is 5.68. The molecule has 0 atom stereocenters. The van der Waals surface area contributed by atoms with E-state index in [9.17, 15) is 20.0 Å². The van der Waals surface area contributed by atoms with Crippen molar-refractivity contribution in [1.29, 1.82) is 0 Å². The average molecular weight is 394 g/mol. The lowest BCUT2D eigenvalue weighted by molar-refractivity contribution is -0.384. The highest BCUT2D eigenvalue weighted by Gasteiger charge is 2.10. The molecule has 2 aromatic rings. The number of ether oxygens (including phenoxy) is 1. The second kappa shape index (κ2) is 7.55. The summed E-state index contributed by atoms with van der Waals surface area (Å²) in [5, 5.41) is 24.1. The number of nitro groups is 1. The molecule has 0 fully saturated rings. The number of non-ortho nitro benzene ring substituents is 1. The first-order valence-electron chi connectivity index (χ1n) is 6.56. The standard InChI is InChI=1S/C15H12BrN3O5/c1-24-14-5-2-9(7-12(14)16)15(21)18-17-8-10-6-11(19(22)23)3-4-13(10)20/h2-8,20H,1H3,(H,18,21). The van der Waals surface area contributed by atoms with E-state index < -0.39 is 10.8 Å². The van der Waals surface area contributed by atoms with Crippen molar-refractivity contribution in [1.82, 2.24) is 5.43 Å². The summed E-state index contributed by atoms with van der Waals surface area (Å²) in [4.78, 5) is 22.1. The Bertz CT molecular complexity index is 823. The molecule has 124 valence electrons. The van der Waals surface area contributed by atoms with E-state index in [1.54, 1.807) is 18.2 Å². The summed E-state index contributed by atoms with van der Waals surface area (Å²) >= 11 is 3.27. The fourth-order valence-corrected chi connectivity index (χ4v) is 2.33. The highest BCUT2D eigenvalue weighted by molar-refractivity contribution is 9.10. The first kappa shape index (κ1) is 17.4. The van der Waals surface area contributed by atoms with E-state index in [1.165, 1.54) is 19.2 Å². The number of methoxy groups -OCH3 is 1. The van der Waals surface area contributed by atoms with Crippen LogP contribution >= 0.6 is 15.9 Å². The quantitative estimate of drug-likeness (QED) is 0.460. The summed E-state index contributed by atoms with van der Waals surface area (Å²) in [6, 6.07) is 8.24. The molecule has 0 unspecified atom stereocenters. The number of nitrogens with zero attached hydrogens (tertiary/aromatic N) is 2. The third-order valence-corrected chi connectivity index (χ3v) is 3.63. The maximum atomic E-state index is 12.0. The van der Waals surface area contributed by atoms with Gasteiger partial charge in [0.15, 0.2) is 0 Å². The number of carbonyl (C=O) groups is 1. The number of amides is 1. The van der Waals surface area contributed by atoms with Gasteiger partial charge in [-0.3, -0.25) is 14.9 Å². The van der Waals surface area contributed by atoms with E-state index in [1.807, 2.05) is 0 Å². The molecule has 0 aliphatic heterocycles. The Morgan fingerprint density at radius 3 is 2.75 bits per heavy atom. The van der Waals surface area contributed by atoms with Gasteiger partial charge >= 0.3 is 0 Å². The van der Waals surface area contributed by atoms with Crippen LogP contribution in [0.3, 0.4) is 0 Å². The van der Waals surface area contributed by atoms with Crippen LogP contribution in [0.25, 0.3) is 0 Å². The van der Waals surface area contributed by atoms with Crippen LogP contribution in [-0.4, -0.2) is 29.3 Å². The zero-order valence-electron chi connectivity index (χ0n) is 12.4. The van der Waals surface area contributed by atoms with Crippen LogP contribution in [0.1, 0.15) is 15.9 Å². The smallest absolute Gasteiger partial charge is 0.271 e. The zero-order valence-corrected chi connectivity index (χ0v) is 14.0. The normalized spacial score (nSPS) is 10.6. The number of nitrogens with one attached hydrogen (secondary N) is 1. The van der Waals surface area contributed by atoms with E-state index >= 15 is 0 Å². The van der Waals surface area contributed by atoms with Gasteiger partial charge in [0.2, 0.25) is 0 Å². The monoisotopic (exact) mass is 393 g/mol. The molecule has 2 aromatic carbocycles. The van der Waals surface area contributed by atoms with Gasteiger partial charge in [-0.1, -0.05) is 0 Å². The maximum Gasteiger partial charge on any atom is 0.271 e. The van der Waals surface area contributed by atoms with Gasteiger partial charge in [0.05, 0.1) is 22.7 Å². The van der Waals surface area contributed by atoms with Crippen molar-refractivity contribution in [2.24, 2.45) is 5.10 Å². The Kier molecular flexibility index (Phi) is 5.48. The largest absolute Gasteiger partial charge is 0.507 e. The van der Waals surface area contributed by atoms with Crippen molar-refractivity contribution in [2.75, 3.05) is 7.11 Å². The van der Waals surface area contributed by atoms with Gasteiger partial charge in [0, 0.05) is 23.3 Å². The Balaban J connectivity index is 2.11. The van der Waals surface area contributed by atoms with Crippen LogP contribution in [0.2, 0.25) is 0 Å². The van der Waals surface area contributed by atoms with Gasteiger partial charge in [-0.15, -0.1) is 0 Å². The third kappa shape index (κ3) is 4.07. The average Bonchev–Trinajstić information content (AvgIpc) is 2.56. The molecule has 2 rings (SSSR count). The summed E-state index contributed by atoms with van der Waals surface area (Å²) in [6.07, 6.45) is 1.12. The third-order valence-electron chi connectivity index (χ3n) is 3.01. The molecule has 0 bridgehead atoms. The molecule has 0 aliphatic carbocycles. The second-order valence-corrected chi connectivity index (χ2v) is 5.40. The highest BCUT2D eigenvalue weighted by Crippen LogP contribution is 2.25. The van der Waals surface area contributed by atoms with Crippen molar-refractivity contribution in [3.05, 3.63) is 62.1 Å². The zero-order chi connectivity index (χ0) is 17.7. The number of carbonyl (C=O) groups excluding carboxylic acids is 1. The van der Waals surface area contributed by atoms with Gasteiger partial charge in [-0.2, -0.15) is 5.10 Å². The first-order chi connectivity index (χ1) is 11.4. The van der Waals surface area contributed by atoms with Crippen molar-refractivity contribution in [3.63, 3.8) is 0 Å². The number of halogens is 1. The summed E-state index contributed by atoms with van der Waals surface area (Å²) in [6.45, 7) is 0. The van der Waals surface area contributed by atoms with Crippen LogP contribution in [0, 0.1) is 10.1 Å². The number of hydrazone groups is 1. The molecule has 8 nitrogen and oxygen atoms in total. The Labute approximate surface area is 145 Å². The number of rotatable bonds is 5. The molecule has 0 aromatic heterocycles. The minimum atomic E-state index is -0.593. The first-order valence-corrected chi connectivity index (χ1v) is 7.36. The number of hydrogen-bond acceptors (Lipinski definition) is 6. The van der Waals surface area contributed by atoms with E-state index in [0.29, 0.717) is 15.8 Å². The molecule has 0 saturated heterocycles. The minimum absolute atomic E-state index is 0.111. The lowest BCUT2D eigenvalue weighted by Crippen LogP contribution is -2.17. The van der Waals surface area contributed by atoms with Crippen molar-refractivity contribution in [2.45, 2.75) is 0 Å². The Morgan fingerprint density at radius 2 is 2.12 bits per heavy atom. The van der Waals surface area contributed by atoms with Gasteiger partial charge in [0.1, 0.15) is 11.5 Å².